The molecule has 4 heteroatoms. The number of hydrogen-bond donors (Lipinski definition) is 0. The lowest BCUT2D eigenvalue weighted by atomic mass is 9.78. The Bertz CT molecular complexity index is 4250. The van der Waals surface area contributed by atoms with E-state index >= 15 is 0 Å². The molecule has 2 aliphatic carbocycles. The Morgan fingerprint density at radius 1 is 0.297 bits per heavy atom. The summed E-state index contributed by atoms with van der Waals surface area (Å²) in [5.41, 5.74) is 21.1. The molecule has 13 aromatic rings. The quantitative estimate of drug-likeness (QED) is 0.174. The summed E-state index contributed by atoms with van der Waals surface area (Å²) in [5, 5.41) is 9.03. The lowest BCUT2D eigenvalue weighted by Gasteiger charge is -2.24. The third-order valence-corrected chi connectivity index (χ3v) is 15.1. The summed E-state index contributed by atoms with van der Waals surface area (Å²) in [6.45, 7) is 9.54. The summed E-state index contributed by atoms with van der Waals surface area (Å²) in [6.07, 6.45) is 0. The summed E-state index contributed by atoms with van der Waals surface area (Å²) in [5.74, 6) is 0. The molecule has 0 fully saturated rings. The van der Waals surface area contributed by atoms with Crippen LogP contribution in [0.25, 0.3) is 132 Å². The highest BCUT2D eigenvalue weighted by Gasteiger charge is 2.45. The van der Waals surface area contributed by atoms with Crippen molar-refractivity contribution in [2.45, 2.75) is 38.5 Å². The van der Waals surface area contributed by atoms with Gasteiger partial charge in [-0.25, -0.2) is 0 Å². The maximum atomic E-state index is 7.04. The van der Waals surface area contributed by atoms with Crippen LogP contribution in [0.2, 0.25) is 0 Å². The SMILES string of the molecule is CC1(C)c2cc3c(cc2-c2c1cc(-c1ccc4c(c1)oc1ccccc14)c1c2oc2ccccc21)C(C)(C)c1cc(-c2ccc4c(c2)oc2ccccc24)c2oc4ccccc4c2c1-3. The van der Waals surface area contributed by atoms with Gasteiger partial charge >= 0.3 is 0 Å². The summed E-state index contributed by atoms with van der Waals surface area (Å²) in [4.78, 5) is 0. The van der Waals surface area contributed by atoms with Crippen molar-refractivity contribution < 1.29 is 17.7 Å². The van der Waals surface area contributed by atoms with Crippen molar-refractivity contribution in [1.29, 1.82) is 0 Å². The minimum atomic E-state index is -0.336. The molecule has 4 heterocycles. The minimum Gasteiger partial charge on any atom is -0.456 e. The fourth-order valence-electron chi connectivity index (χ4n) is 11.9. The van der Waals surface area contributed by atoms with Crippen molar-refractivity contribution in [2.75, 3.05) is 0 Å². The molecule has 0 saturated carbocycles. The summed E-state index contributed by atoms with van der Waals surface area (Å²) in [7, 11) is 0. The van der Waals surface area contributed by atoms with Crippen molar-refractivity contribution in [2.24, 2.45) is 0 Å². The molecule has 0 unspecified atom stereocenters. The third-order valence-electron chi connectivity index (χ3n) is 15.1. The predicted octanol–water partition coefficient (Wildman–Crippen LogP) is 17.2. The molecule has 4 aromatic heterocycles. The van der Waals surface area contributed by atoms with Crippen LogP contribution in [-0.2, 0) is 10.8 Å². The Balaban J connectivity index is 0.979. The second-order valence-electron chi connectivity index (χ2n) is 19.1. The van der Waals surface area contributed by atoms with Crippen LogP contribution in [0.15, 0.2) is 175 Å². The molecule has 0 bridgehead atoms. The summed E-state index contributed by atoms with van der Waals surface area (Å²) < 4.78 is 26.9. The van der Waals surface area contributed by atoms with Gasteiger partial charge in [0.25, 0.3) is 0 Å². The molecule has 15 rings (SSSR count). The van der Waals surface area contributed by atoms with Gasteiger partial charge in [-0.2, -0.15) is 0 Å². The van der Waals surface area contributed by atoms with Gasteiger partial charge in [0.15, 0.2) is 0 Å². The lowest BCUT2D eigenvalue weighted by Crippen LogP contribution is -2.17. The summed E-state index contributed by atoms with van der Waals surface area (Å²) >= 11 is 0. The predicted molar refractivity (Wildman–Crippen MR) is 262 cm³/mol. The van der Waals surface area contributed by atoms with Crippen LogP contribution in [0, 0.1) is 0 Å². The van der Waals surface area contributed by atoms with Gasteiger partial charge in [0.2, 0.25) is 0 Å². The van der Waals surface area contributed by atoms with E-state index in [1.54, 1.807) is 0 Å². The maximum Gasteiger partial charge on any atom is 0.144 e. The van der Waals surface area contributed by atoms with Gasteiger partial charge in [0.05, 0.1) is 0 Å². The molecule has 0 spiro atoms. The van der Waals surface area contributed by atoms with Gasteiger partial charge < -0.3 is 17.7 Å². The van der Waals surface area contributed by atoms with Crippen molar-refractivity contribution in [1.82, 2.24) is 0 Å². The van der Waals surface area contributed by atoms with Crippen LogP contribution >= 0.6 is 0 Å². The standard InChI is InChI=1S/C60H38O4/c1-59(2)43-30-42-44(29-41(43)54-45(59)28-40(57-56(54)38-16-8-12-20-50(38)63-57)32-22-24-36-34-14-6-10-18-48(34)62-52(36)26-32)60(3,4)46-27-39(53-37-15-7-11-19-49(37)64-58(53)55(42)46)31-21-23-35-33-13-5-9-17-47(33)61-51(35)25-31/h5-30H,1-4H3. The van der Waals surface area contributed by atoms with Gasteiger partial charge in [-0.05, 0) is 128 Å². The molecule has 0 amide bonds. The molecule has 0 radical (unpaired) electrons. The van der Waals surface area contributed by atoms with Crippen LogP contribution in [0.5, 0.6) is 0 Å². The van der Waals surface area contributed by atoms with Crippen LogP contribution in [-0.4, -0.2) is 0 Å². The molecule has 0 N–H and O–H groups in total. The number of furan rings is 4. The molecule has 9 aromatic carbocycles. The monoisotopic (exact) mass is 822 g/mol. The highest BCUT2D eigenvalue weighted by atomic mass is 16.3. The lowest BCUT2D eigenvalue weighted by molar-refractivity contribution is 0.649. The molecule has 2 aliphatic rings. The highest BCUT2D eigenvalue weighted by molar-refractivity contribution is 6.21. The molecule has 0 saturated heterocycles. The van der Waals surface area contributed by atoms with Crippen molar-refractivity contribution in [3.63, 3.8) is 0 Å². The number of fused-ring (bicyclic) bond motifs is 20. The first kappa shape index (κ1) is 34.7. The van der Waals surface area contributed by atoms with Gasteiger partial charge in [-0.1, -0.05) is 113 Å². The van der Waals surface area contributed by atoms with E-state index in [2.05, 4.69) is 161 Å². The summed E-state index contributed by atoms with van der Waals surface area (Å²) in [6, 6.07) is 56.7. The van der Waals surface area contributed by atoms with E-state index < -0.39 is 0 Å². The number of para-hydroxylation sites is 4. The molecule has 302 valence electrons. The maximum absolute atomic E-state index is 7.04. The molecule has 64 heavy (non-hydrogen) atoms. The van der Waals surface area contributed by atoms with Gasteiger partial charge in [0.1, 0.15) is 44.7 Å². The Kier molecular flexibility index (Phi) is 6.29. The molecular formula is C60H38O4. The first-order chi connectivity index (χ1) is 31.2. The van der Waals surface area contributed by atoms with E-state index in [1.165, 1.54) is 44.5 Å². The van der Waals surface area contributed by atoms with Gasteiger partial charge in [0, 0.05) is 65.0 Å². The minimum absolute atomic E-state index is 0.327. The fourth-order valence-corrected chi connectivity index (χ4v) is 11.9. The zero-order chi connectivity index (χ0) is 42.4. The molecule has 0 atom stereocenters. The first-order valence-electron chi connectivity index (χ1n) is 22.2. The average molecular weight is 823 g/mol. The van der Waals surface area contributed by atoms with E-state index in [1.807, 2.05) is 24.3 Å². The zero-order valence-corrected chi connectivity index (χ0v) is 35.6. The highest BCUT2D eigenvalue weighted by Crippen LogP contribution is 2.61. The van der Waals surface area contributed by atoms with Crippen LogP contribution in [0.4, 0.5) is 0 Å². The second-order valence-corrected chi connectivity index (χ2v) is 19.1. The van der Waals surface area contributed by atoms with Crippen molar-refractivity contribution >= 4 is 87.8 Å². The van der Waals surface area contributed by atoms with E-state index in [-0.39, 0.29) is 10.8 Å². The van der Waals surface area contributed by atoms with E-state index in [0.717, 1.165) is 110 Å². The smallest absolute Gasteiger partial charge is 0.144 e. The first-order valence-corrected chi connectivity index (χ1v) is 22.2. The average Bonchev–Trinajstić information content (AvgIpc) is 4.15. The number of rotatable bonds is 2. The van der Waals surface area contributed by atoms with Gasteiger partial charge in [-0.3, -0.25) is 0 Å². The largest absolute Gasteiger partial charge is 0.456 e. The molecule has 4 nitrogen and oxygen atoms in total. The molecule has 0 aliphatic heterocycles. The Labute approximate surface area is 366 Å². The zero-order valence-electron chi connectivity index (χ0n) is 35.6. The fraction of sp³-hybridized carbons (Fsp3) is 0.100. The number of benzene rings is 9. The van der Waals surface area contributed by atoms with E-state index in [0.29, 0.717) is 0 Å². The van der Waals surface area contributed by atoms with Crippen LogP contribution in [0.1, 0.15) is 49.9 Å². The Morgan fingerprint density at radius 3 is 1.28 bits per heavy atom. The van der Waals surface area contributed by atoms with E-state index in [9.17, 15) is 0 Å². The Hall–Kier alpha value is -7.82. The van der Waals surface area contributed by atoms with Crippen molar-refractivity contribution in [3.05, 3.63) is 180 Å². The second kappa shape index (κ2) is 11.6. The van der Waals surface area contributed by atoms with E-state index in [4.69, 9.17) is 17.7 Å². The molecular weight excluding hydrogens is 785 g/mol. The topological polar surface area (TPSA) is 52.6 Å². The third kappa shape index (κ3) is 4.24. The normalized spacial score (nSPS) is 14.8. The van der Waals surface area contributed by atoms with Crippen molar-refractivity contribution in [3.8, 4) is 44.5 Å². The van der Waals surface area contributed by atoms with Crippen LogP contribution in [0.3, 0.4) is 0 Å². The van der Waals surface area contributed by atoms with Crippen LogP contribution < -0.4 is 0 Å². The van der Waals surface area contributed by atoms with Gasteiger partial charge in [-0.15, -0.1) is 0 Å². The Morgan fingerprint density at radius 2 is 0.703 bits per heavy atom. The number of hydrogen-bond acceptors (Lipinski definition) is 4.